The summed E-state index contributed by atoms with van der Waals surface area (Å²) in [6, 6.07) is 1.70. The standard InChI is InChI=1S/C14H25N/c1-3-4-5-9(2)15-14-12-10-6-7-11(8-10)13(12)14/h9-15H,3-8H2,1-2H3. The van der Waals surface area contributed by atoms with Gasteiger partial charge in [0.1, 0.15) is 0 Å². The van der Waals surface area contributed by atoms with E-state index in [-0.39, 0.29) is 0 Å². The Bertz CT molecular complexity index is 221. The predicted molar refractivity (Wildman–Crippen MR) is 63.7 cm³/mol. The quantitative estimate of drug-likeness (QED) is 0.730. The molecule has 0 aliphatic heterocycles. The van der Waals surface area contributed by atoms with Crippen LogP contribution in [0.3, 0.4) is 0 Å². The number of unbranched alkanes of at least 4 members (excludes halogenated alkanes) is 1. The summed E-state index contributed by atoms with van der Waals surface area (Å²) in [6.45, 7) is 4.67. The summed E-state index contributed by atoms with van der Waals surface area (Å²) in [4.78, 5) is 0. The van der Waals surface area contributed by atoms with Crippen molar-refractivity contribution >= 4 is 0 Å². The highest BCUT2D eigenvalue weighted by Crippen LogP contribution is 2.65. The summed E-state index contributed by atoms with van der Waals surface area (Å²) < 4.78 is 0. The van der Waals surface area contributed by atoms with Crippen LogP contribution >= 0.6 is 0 Å². The minimum absolute atomic E-state index is 0.764. The molecular weight excluding hydrogens is 182 g/mol. The van der Waals surface area contributed by atoms with Gasteiger partial charge in [-0.3, -0.25) is 0 Å². The van der Waals surface area contributed by atoms with Gasteiger partial charge in [-0.25, -0.2) is 0 Å². The average molecular weight is 207 g/mol. The molecule has 3 aliphatic rings. The van der Waals surface area contributed by atoms with Crippen molar-refractivity contribution in [2.45, 2.75) is 64.5 Å². The van der Waals surface area contributed by atoms with Crippen LogP contribution in [-0.4, -0.2) is 12.1 Å². The van der Waals surface area contributed by atoms with Gasteiger partial charge in [-0.2, -0.15) is 0 Å². The zero-order chi connectivity index (χ0) is 10.4. The number of rotatable bonds is 5. The largest absolute Gasteiger partial charge is 0.311 e. The lowest BCUT2D eigenvalue weighted by Gasteiger charge is -2.16. The molecule has 0 amide bonds. The zero-order valence-electron chi connectivity index (χ0n) is 10.2. The van der Waals surface area contributed by atoms with Gasteiger partial charge in [0, 0.05) is 12.1 Å². The minimum atomic E-state index is 0.764. The molecule has 86 valence electrons. The number of nitrogens with one attached hydrogen (secondary N) is 1. The highest BCUT2D eigenvalue weighted by molar-refractivity contribution is 5.17. The Morgan fingerprint density at radius 2 is 1.87 bits per heavy atom. The van der Waals surface area contributed by atoms with Crippen LogP contribution in [0.4, 0.5) is 0 Å². The molecule has 3 rings (SSSR count). The Morgan fingerprint density at radius 3 is 2.47 bits per heavy atom. The average Bonchev–Trinajstić information content (AvgIpc) is 2.65. The number of fused-ring (bicyclic) bond motifs is 5. The predicted octanol–water partition coefficient (Wildman–Crippen LogP) is 3.20. The van der Waals surface area contributed by atoms with E-state index in [1.54, 1.807) is 19.3 Å². The monoisotopic (exact) mass is 207 g/mol. The van der Waals surface area contributed by atoms with Crippen LogP contribution in [0.15, 0.2) is 0 Å². The molecule has 3 fully saturated rings. The third kappa shape index (κ3) is 1.63. The van der Waals surface area contributed by atoms with Crippen molar-refractivity contribution in [1.29, 1.82) is 0 Å². The summed E-state index contributed by atoms with van der Waals surface area (Å²) in [5, 5.41) is 3.89. The van der Waals surface area contributed by atoms with E-state index in [4.69, 9.17) is 0 Å². The topological polar surface area (TPSA) is 12.0 Å². The summed E-state index contributed by atoms with van der Waals surface area (Å²) >= 11 is 0. The van der Waals surface area contributed by atoms with Crippen molar-refractivity contribution in [3.63, 3.8) is 0 Å². The molecule has 1 heteroatoms. The van der Waals surface area contributed by atoms with Gasteiger partial charge in [0.05, 0.1) is 0 Å². The van der Waals surface area contributed by atoms with E-state index in [0.717, 1.165) is 35.8 Å². The summed E-state index contributed by atoms with van der Waals surface area (Å²) in [5.41, 5.74) is 0. The Labute approximate surface area is 94.0 Å². The molecule has 3 aliphatic carbocycles. The fourth-order valence-electron chi connectivity index (χ4n) is 4.47. The SMILES string of the molecule is CCCCC(C)NC1C2C3CCC(C3)C12. The van der Waals surface area contributed by atoms with Crippen LogP contribution < -0.4 is 5.32 Å². The van der Waals surface area contributed by atoms with Crippen LogP contribution in [0.5, 0.6) is 0 Å². The smallest absolute Gasteiger partial charge is 0.0138 e. The molecule has 0 aromatic rings. The number of hydrogen-bond acceptors (Lipinski definition) is 1. The van der Waals surface area contributed by atoms with Gasteiger partial charge < -0.3 is 5.32 Å². The van der Waals surface area contributed by atoms with Gasteiger partial charge in [0.2, 0.25) is 0 Å². The lowest BCUT2D eigenvalue weighted by Crippen LogP contribution is -2.31. The molecule has 0 aromatic heterocycles. The van der Waals surface area contributed by atoms with Gasteiger partial charge >= 0.3 is 0 Å². The first-order valence-electron chi connectivity index (χ1n) is 7.07. The van der Waals surface area contributed by atoms with Gasteiger partial charge in [-0.05, 0) is 56.3 Å². The first-order valence-corrected chi connectivity index (χ1v) is 7.07. The van der Waals surface area contributed by atoms with E-state index in [1.165, 1.54) is 19.3 Å². The van der Waals surface area contributed by atoms with Crippen molar-refractivity contribution in [3.8, 4) is 0 Å². The van der Waals surface area contributed by atoms with E-state index in [0.29, 0.717) is 0 Å². The Kier molecular flexibility index (Phi) is 2.54. The maximum atomic E-state index is 3.89. The first-order chi connectivity index (χ1) is 7.31. The normalized spacial score (nSPS) is 48.0. The molecule has 3 saturated carbocycles. The molecule has 15 heavy (non-hydrogen) atoms. The molecule has 1 N–H and O–H groups in total. The fraction of sp³-hybridized carbons (Fsp3) is 1.00. The molecule has 0 spiro atoms. The Hall–Kier alpha value is -0.0400. The summed E-state index contributed by atoms with van der Waals surface area (Å²) in [6.07, 6.45) is 8.79. The van der Waals surface area contributed by atoms with Gasteiger partial charge in [-0.15, -0.1) is 0 Å². The lowest BCUT2D eigenvalue weighted by molar-refractivity contribution is 0.411. The second-order valence-corrected chi connectivity index (χ2v) is 6.22. The Balaban J connectivity index is 1.47. The van der Waals surface area contributed by atoms with Crippen molar-refractivity contribution < 1.29 is 0 Å². The van der Waals surface area contributed by atoms with Crippen molar-refractivity contribution in [3.05, 3.63) is 0 Å². The molecule has 0 aromatic carbocycles. The maximum absolute atomic E-state index is 3.89. The van der Waals surface area contributed by atoms with E-state index >= 15 is 0 Å². The molecule has 5 unspecified atom stereocenters. The zero-order valence-corrected chi connectivity index (χ0v) is 10.2. The van der Waals surface area contributed by atoms with Gasteiger partial charge in [0.25, 0.3) is 0 Å². The van der Waals surface area contributed by atoms with E-state index in [1.807, 2.05) is 0 Å². The molecule has 0 heterocycles. The first kappa shape index (κ1) is 10.1. The second kappa shape index (κ2) is 3.76. The second-order valence-electron chi connectivity index (χ2n) is 6.22. The number of hydrogen-bond donors (Lipinski definition) is 1. The summed E-state index contributed by atoms with van der Waals surface area (Å²) in [7, 11) is 0. The molecule has 5 atom stereocenters. The third-order valence-corrected chi connectivity index (χ3v) is 5.20. The Morgan fingerprint density at radius 1 is 1.20 bits per heavy atom. The van der Waals surface area contributed by atoms with Crippen LogP contribution in [-0.2, 0) is 0 Å². The van der Waals surface area contributed by atoms with Crippen molar-refractivity contribution in [2.75, 3.05) is 0 Å². The van der Waals surface area contributed by atoms with E-state index < -0.39 is 0 Å². The van der Waals surface area contributed by atoms with E-state index in [9.17, 15) is 0 Å². The molecule has 0 saturated heterocycles. The fourth-order valence-corrected chi connectivity index (χ4v) is 4.47. The lowest BCUT2D eigenvalue weighted by atomic mass is 10.0. The third-order valence-electron chi connectivity index (χ3n) is 5.20. The van der Waals surface area contributed by atoms with Crippen LogP contribution in [0.2, 0.25) is 0 Å². The van der Waals surface area contributed by atoms with Gasteiger partial charge in [-0.1, -0.05) is 19.8 Å². The highest BCUT2D eigenvalue weighted by Gasteiger charge is 2.64. The van der Waals surface area contributed by atoms with Crippen molar-refractivity contribution in [1.82, 2.24) is 5.32 Å². The maximum Gasteiger partial charge on any atom is 0.0138 e. The van der Waals surface area contributed by atoms with Crippen molar-refractivity contribution in [2.24, 2.45) is 23.7 Å². The van der Waals surface area contributed by atoms with Crippen LogP contribution in [0.25, 0.3) is 0 Å². The summed E-state index contributed by atoms with van der Waals surface area (Å²) in [5.74, 6) is 4.45. The molecule has 0 radical (unpaired) electrons. The minimum Gasteiger partial charge on any atom is -0.311 e. The van der Waals surface area contributed by atoms with Crippen LogP contribution in [0.1, 0.15) is 52.4 Å². The molecular formula is C14H25N. The van der Waals surface area contributed by atoms with E-state index in [2.05, 4.69) is 19.2 Å². The highest BCUT2D eigenvalue weighted by atomic mass is 15.0. The van der Waals surface area contributed by atoms with Gasteiger partial charge in [0.15, 0.2) is 0 Å². The molecule has 1 nitrogen and oxygen atoms in total. The van der Waals surface area contributed by atoms with Crippen LogP contribution in [0, 0.1) is 23.7 Å². The molecule has 2 bridgehead atoms.